The van der Waals surface area contributed by atoms with Crippen molar-refractivity contribution in [1.82, 2.24) is 14.2 Å². The fourth-order valence-electron chi connectivity index (χ4n) is 2.01. The van der Waals surface area contributed by atoms with E-state index in [0.29, 0.717) is 13.1 Å². The average Bonchev–Trinajstić information content (AvgIpc) is 2.41. The molecule has 8 heteroatoms. The number of nitrogen functional groups attached to an aromatic ring is 1. The molecule has 0 aliphatic carbocycles. The summed E-state index contributed by atoms with van der Waals surface area (Å²) in [4.78, 5) is 6.10. The Balaban J connectivity index is 2.21. The Morgan fingerprint density at radius 1 is 1.37 bits per heavy atom. The third-order valence-electron chi connectivity index (χ3n) is 3.26. The van der Waals surface area contributed by atoms with E-state index in [-0.39, 0.29) is 15.7 Å². The summed E-state index contributed by atoms with van der Waals surface area (Å²) in [7, 11) is -3.53. The number of rotatable bonds is 3. The summed E-state index contributed by atoms with van der Waals surface area (Å²) in [5, 5.41) is 0.160. The summed E-state index contributed by atoms with van der Waals surface area (Å²) in [6.45, 7) is 5.45. The van der Waals surface area contributed by atoms with Crippen LogP contribution in [0.25, 0.3) is 0 Å². The van der Waals surface area contributed by atoms with Gasteiger partial charge in [0.05, 0.1) is 5.02 Å². The van der Waals surface area contributed by atoms with Gasteiger partial charge in [-0.05, 0) is 12.6 Å². The third kappa shape index (κ3) is 3.00. The smallest absolute Gasteiger partial charge is 0.244 e. The van der Waals surface area contributed by atoms with Gasteiger partial charge in [0, 0.05) is 32.4 Å². The predicted molar refractivity (Wildman–Crippen MR) is 74.5 cm³/mol. The van der Waals surface area contributed by atoms with E-state index >= 15 is 0 Å². The quantitative estimate of drug-likeness (QED) is 0.886. The number of sulfonamides is 1. The normalized spacial score (nSPS) is 18.6. The van der Waals surface area contributed by atoms with Crippen LogP contribution in [0.3, 0.4) is 0 Å². The molecule has 106 valence electrons. The molecule has 0 unspecified atom stereocenters. The number of anilines is 1. The van der Waals surface area contributed by atoms with Gasteiger partial charge < -0.3 is 10.6 Å². The van der Waals surface area contributed by atoms with Crippen molar-refractivity contribution < 1.29 is 8.42 Å². The van der Waals surface area contributed by atoms with Gasteiger partial charge >= 0.3 is 0 Å². The fraction of sp³-hybridized carbons (Fsp3) is 0.545. The maximum Gasteiger partial charge on any atom is 0.244 e. The molecule has 6 nitrogen and oxygen atoms in total. The largest absolute Gasteiger partial charge is 0.382 e. The van der Waals surface area contributed by atoms with Crippen LogP contribution in [0.4, 0.5) is 5.82 Å². The van der Waals surface area contributed by atoms with Gasteiger partial charge in [-0.15, -0.1) is 0 Å². The number of piperazine rings is 1. The van der Waals surface area contributed by atoms with E-state index in [1.165, 1.54) is 16.6 Å². The minimum atomic E-state index is -3.53. The molecule has 0 radical (unpaired) electrons. The van der Waals surface area contributed by atoms with E-state index in [1.54, 1.807) is 0 Å². The number of likely N-dealkylation sites (N-methyl/N-ethyl adjacent to an activating group) is 1. The molecule has 1 fully saturated rings. The Morgan fingerprint density at radius 2 is 2.00 bits per heavy atom. The summed E-state index contributed by atoms with van der Waals surface area (Å²) in [5.74, 6) is 0.136. The van der Waals surface area contributed by atoms with Crippen LogP contribution in [0, 0.1) is 0 Å². The molecule has 0 atom stereocenters. The molecule has 0 saturated carbocycles. The monoisotopic (exact) mass is 304 g/mol. The number of pyridine rings is 1. The van der Waals surface area contributed by atoms with Crippen LogP contribution in [-0.4, -0.2) is 55.3 Å². The highest BCUT2D eigenvalue weighted by Gasteiger charge is 2.28. The first-order valence-corrected chi connectivity index (χ1v) is 7.90. The molecule has 1 saturated heterocycles. The summed E-state index contributed by atoms with van der Waals surface area (Å²) in [5.41, 5.74) is 5.49. The number of nitrogens with zero attached hydrogens (tertiary/aromatic N) is 3. The van der Waals surface area contributed by atoms with Crippen LogP contribution in [0.1, 0.15) is 6.92 Å². The van der Waals surface area contributed by atoms with Crippen molar-refractivity contribution in [1.29, 1.82) is 0 Å². The highest BCUT2D eigenvalue weighted by molar-refractivity contribution is 7.89. The number of halogens is 1. The van der Waals surface area contributed by atoms with E-state index in [4.69, 9.17) is 17.3 Å². The molecule has 2 N–H and O–H groups in total. The van der Waals surface area contributed by atoms with Crippen LogP contribution in [-0.2, 0) is 10.0 Å². The molecule has 2 heterocycles. The highest BCUT2D eigenvalue weighted by Crippen LogP contribution is 2.23. The van der Waals surface area contributed by atoms with E-state index in [0.717, 1.165) is 19.6 Å². The molecule has 1 aromatic rings. The van der Waals surface area contributed by atoms with Gasteiger partial charge in [0.1, 0.15) is 10.7 Å². The van der Waals surface area contributed by atoms with Crippen molar-refractivity contribution >= 4 is 27.4 Å². The Labute approximate surface area is 118 Å². The average molecular weight is 305 g/mol. The fourth-order valence-corrected chi connectivity index (χ4v) is 3.63. The second kappa shape index (κ2) is 5.62. The van der Waals surface area contributed by atoms with Crippen LogP contribution < -0.4 is 5.73 Å². The SMILES string of the molecule is CCN1CCN(S(=O)(=O)c2cnc(N)c(Cl)c2)CC1. The first-order chi connectivity index (χ1) is 8.95. The zero-order chi connectivity index (χ0) is 14.0. The zero-order valence-electron chi connectivity index (χ0n) is 10.7. The second-order valence-electron chi connectivity index (χ2n) is 4.38. The Morgan fingerprint density at radius 3 is 2.53 bits per heavy atom. The molecule has 1 aliphatic rings. The molecular weight excluding hydrogens is 288 g/mol. The summed E-state index contributed by atoms with van der Waals surface area (Å²) < 4.78 is 26.3. The molecule has 0 amide bonds. The molecule has 19 heavy (non-hydrogen) atoms. The van der Waals surface area contributed by atoms with E-state index in [9.17, 15) is 8.42 Å². The third-order valence-corrected chi connectivity index (χ3v) is 5.43. The summed E-state index contributed by atoms with van der Waals surface area (Å²) in [6.07, 6.45) is 1.25. The van der Waals surface area contributed by atoms with Crippen molar-refractivity contribution in [3.63, 3.8) is 0 Å². The topological polar surface area (TPSA) is 79.5 Å². The standard InChI is InChI=1S/C11H17ClN4O2S/c1-2-15-3-5-16(6-4-15)19(17,18)9-7-10(12)11(13)14-8-9/h7-8H,2-6H2,1H3,(H2,13,14). The van der Waals surface area contributed by atoms with Crippen molar-refractivity contribution in [2.24, 2.45) is 0 Å². The van der Waals surface area contributed by atoms with Gasteiger partial charge in [0.2, 0.25) is 10.0 Å². The lowest BCUT2D eigenvalue weighted by molar-refractivity contribution is 0.196. The maximum absolute atomic E-state index is 12.4. The minimum absolute atomic E-state index is 0.0941. The van der Waals surface area contributed by atoms with E-state index < -0.39 is 10.0 Å². The van der Waals surface area contributed by atoms with Gasteiger partial charge in [0.15, 0.2) is 0 Å². The van der Waals surface area contributed by atoms with Crippen LogP contribution in [0.15, 0.2) is 17.2 Å². The maximum atomic E-state index is 12.4. The lowest BCUT2D eigenvalue weighted by atomic mass is 10.4. The van der Waals surface area contributed by atoms with Gasteiger partial charge in [-0.25, -0.2) is 13.4 Å². The lowest BCUT2D eigenvalue weighted by Gasteiger charge is -2.33. The van der Waals surface area contributed by atoms with Crippen molar-refractivity contribution in [3.05, 3.63) is 17.3 Å². The summed E-state index contributed by atoms with van der Waals surface area (Å²) >= 11 is 5.83. The lowest BCUT2D eigenvalue weighted by Crippen LogP contribution is -2.48. The first-order valence-electron chi connectivity index (χ1n) is 6.08. The number of aromatic nitrogens is 1. The molecule has 1 aromatic heterocycles. The molecule has 1 aliphatic heterocycles. The molecule has 0 bridgehead atoms. The van der Waals surface area contributed by atoms with Crippen molar-refractivity contribution in [3.8, 4) is 0 Å². The second-order valence-corrected chi connectivity index (χ2v) is 6.72. The molecular formula is C11H17ClN4O2S. The van der Waals surface area contributed by atoms with Crippen LogP contribution in [0.2, 0.25) is 5.02 Å². The Hall–Kier alpha value is -0.890. The van der Waals surface area contributed by atoms with Crippen molar-refractivity contribution in [2.75, 3.05) is 38.5 Å². The summed E-state index contributed by atoms with van der Waals surface area (Å²) in [6, 6.07) is 1.35. The van der Waals surface area contributed by atoms with Gasteiger partial charge in [0.25, 0.3) is 0 Å². The van der Waals surface area contributed by atoms with Crippen molar-refractivity contribution in [2.45, 2.75) is 11.8 Å². The Bertz CT molecular complexity index is 556. The van der Waals surface area contributed by atoms with Gasteiger partial charge in [-0.3, -0.25) is 0 Å². The zero-order valence-corrected chi connectivity index (χ0v) is 12.3. The van der Waals surface area contributed by atoms with Crippen LogP contribution in [0.5, 0.6) is 0 Å². The van der Waals surface area contributed by atoms with Gasteiger partial charge in [-0.1, -0.05) is 18.5 Å². The molecule has 0 aromatic carbocycles. The van der Waals surface area contributed by atoms with E-state index in [2.05, 4.69) is 16.8 Å². The molecule has 0 spiro atoms. The first kappa shape index (κ1) is 14.5. The minimum Gasteiger partial charge on any atom is -0.382 e. The Kier molecular flexibility index (Phi) is 4.29. The van der Waals surface area contributed by atoms with Crippen LogP contribution >= 0.6 is 11.6 Å². The highest BCUT2D eigenvalue weighted by atomic mass is 35.5. The number of nitrogens with two attached hydrogens (primary N) is 1. The number of hydrogen-bond donors (Lipinski definition) is 1. The number of hydrogen-bond acceptors (Lipinski definition) is 5. The predicted octanol–water partition coefficient (Wildman–Crippen LogP) is 0.643. The molecule has 2 rings (SSSR count). The van der Waals surface area contributed by atoms with Gasteiger partial charge in [-0.2, -0.15) is 4.31 Å². The van der Waals surface area contributed by atoms with E-state index in [1.807, 2.05) is 0 Å².